The van der Waals surface area contributed by atoms with Gasteiger partial charge in [0.2, 0.25) is 0 Å². The van der Waals surface area contributed by atoms with Crippen molar-refractivity contribution >= 4 is 28.1 Å². The molecule has 2 aromatic heterocycles. The van der Waals surface area contributed by atoms with Gasteiger partial charge in [-0.3, -0.25) is 4.79 Å². The number of carbonyl (C=O) groups is 1. The van der Waals surface area contributed by atoms with E-state index in [0.717, 1.165) is 17.2 Å². The monoisotopic (exact) mass is 343 g/mol. The van der Waals surface area contributed by atoms with Crippen LogP contribution in [0.1, 0.15) is 30.8 Å². The summed E-state index contributed by atoms with van der Waals surface area (Å²) in [6.45, 7) is 4.80. The van der Waals surface area contributed by atoms with Gasteiger partial charge < -0.3 is 15.0 Å². The number of aryl methyl sites for hydroxylation is 1. The van der Waals surface area contributed by atoms with Gasteiger partial charge in [-0.05, 0) is 25.5 Å². The molecule has 3 rings (SSSR count). The average molecular weight is 343 g/mol. The quantitative estimate of drug-likeness (QED) is 0.722. The molecule has 5 nitrogen and oxygen atoms in total. The molecule has 0 radical (unpaired) electrons. The van der Waals surface area contributed by atoms with Crippen molar-refractivity contribution in [3.63, 3.8) is 0 Å². The number of nitrogens with one attached hydrogen (secondary N) is 1. The van der Waals surface area contributed by atoms with Crippen molar-refractivity contribution in [2.24, 2.45) is 0 Å². The van der Waals surface area contributed by atoms with E-state index in [1.807, 2.05) is 19.1 Å². The van der Waals surface area contributed by atoms with Crippen LogP contribution in [-0.2, 0) is 6.54 Å². The largest absolute Gasteiger partial charge is 0.394 e. The Morgan fingerprint density at radius 3 is 2.88 bits per heavy atom. The van der Waals surface area contributed by atoms with Crippen LogP contribution < -0.4 is 5.32 Å². The molecular formula is C18H21N3O2S. The molecule has 126 valence electrons. The number of amides is 1. The van der Waals surface area contributed by atoms with E-state index in [1.165, 1.54) is 22.2 Å². The highest BCUT2D eigenvalue weighted by Gasteiger charge is 2.17. The second kappa shape index (κ2) is 7.15. The highest BCUT2D eigenvalue weighted by molar-refractivity contribution is 7.13. The number of carbonyl (C=O) groups excluding carboxylic acids is 1. The number of aromatic nitrogens is 2. The minimum atomic E-state index is -0.238. The van der Waals surface area contributed by atoms with E-state index < -0.39 is 0 Å². The fourth-order valence-corrected chi connectivity index (χ4v) is 3.58. The van der Waals surface area contributed by atoms with E-state index in [2.05, 4.69) is 40.0 Å². The number of thiazole rings is 1. The fourth-order valence-electron chi connectivity index (χ4n) is 2.76. The number of rotatable bonds is 6. The summed E-state index contributed by atoms with van der Waals surface area (Å²) < 4.78 is 2.21. The number of nitrogens with zero attached hydrogens (tertiary/aromatic N) is 2. The van der Waals surface area contributed by atoms with Crippen molar-refractivity contribution < 1.29 is 9.90 Å². The van der Waals surface area contributed by atoms with E-state index in [0.29, 0.717) is 12.1 Å². The Morgan fingerprint density at radius 1 is 1.38 bits per heavy atom. The first kappa shape index (κ1) is 16.7. The predicted molar refractivity (Wildman–Crippen MR) is 97.4 cm³/mol. The van der Waals surface area contributed by atoms with Gasteiger partial charge in [0.05, 0.1) is 18.3 Å². The van der Waals surface area contributed by atoms with Gasteiger partial charge in [0.15, 0.2) is 0 Å². The van der Waals surface area contributed by atoms with Crippen molar-refractivity contribution in [2.45, 2.75) is 32.9 Å². The molecule has 0 saturated carbocycles. The molecule has 0 saturated heterocycles. The zero-order valence-electron chi connectivity index (χ0n) is 13.8. The second-order valence-corrected chi connectivity index (χ2v) is 6.49. The van der Waals surface area contributed by atoms with Crippen molar-refractivity contribution in [3.05, 3.63) is 41.4 Å². The fraction of sp³-hybridized carbons (Fsp3) is 0.333. The molecule has 0 aliphatic carbocycles. The summed E-state index contributed by atoms with van der Waals surface area (Å²) in [5.74, 6) is -0.238. The van der Waals surface area contributed by atoms with Crippen molar-refractivity contribution in [2.75, 3.05) is 6.61 Å². The van der Waals surface area contributed by atoms with Crippen molar-refractivity contribution in [1.29, 1.82) is 0 Å². The predicted octanol–water partition coefficient (Wildman–Crippen LogP) is 3.29. The Bertz CT molecular complexity index is 849. The summed E-state index contributed by atoms with van der Waals surface area (Å²) in [5, 5.41) is 15.8. The van der Waals surface area contributed by atoms with Gasteiger partial charge in [0, 0.05) is 22.8 Å². The van der Waals surface area contributed by atoms with Gasteiger partial charge in [-0.2, -0.15) is 0 Å². The Labute approximate surface area is 145 Å². The van der Waals surface area contributed by atoms with Crippen LogP contribution in [0.15, 0.2) is 35.7 Å². The molecule has 1 aromatic carbocycles. The topological polar surface area (TPSA) is 67.2 Å². The molecule has 1 atom stereocenters. The van der Waals surface area contributed by atoms with Gasteiger partial charge in [0.1, 0.15) is 10.7 Å². The summed E-state index contributed by atoms with van der Waals surface area (Å²) in [6.07, 6.45) is 0.684. The number of para-hydroxylation sites is 1. The normalized spacial score (nSPS) is 12.5. The molecule has 0 aliphatic rings. The lowest BCUT2D eigenvalue weighted by molar-refractivity contribution is 0.0910. The van der Waals surface area contributed by atoms with E-state index in [1.54, 1.807) is 5.38 Å². The molecule has 1 amide bonds. The first-order valence-corrected chi connectivity index (χ1v) is 9.01. The average Bonchev–Trinajstić information content (AvgIpc) is 3.23. The van der Waals surface area contributed by atoms with E-state index in [9.17, 15) is 9.90 Å². The molecule has 0 aliphatic heterocycles. The number of hydrogen-bond donors (Lipinski definition) is 2. The molecule has 0 fully saturated rings. The first-order valence-electron chi connectivity index (χ1n) is 8.13. The van der Waals surface area contributed by atoms with E-state index >= 15 is 0 Å². The maximum absolute atomic E-state index is 12.3. The van der Waals surface area contributed by atoms with Gasteiger partial charge >= 0.3 is 0 Å². The summed E-state index contributed by atoms with van der Waals surface area (Å²) >= 11 is 1.46. The van der Waals surface area contributed by atoms with Crippen LogP contribution in [0.25, 0.3) is 21.6 Å². The number of aliphatic hydroxyl groups excluding tert-OH is 1. The summed E-state index contributed by atoms with van der Waals surface area (Å²) in [4.78, 5) is 16.8. The lowest BCUT2D eigenvalue weighted by Gasteiger charge is -2.12. The minimum absolute atomic E-state index is 0.0662. The molecule has 24 heavy (non-hydrogen) atoms. The molecule has 1 unspecified atom stereocenters. The molecular weight excluding hydrogens is 322 g/mol. The van der Waals surface area contributed by atoms with Gasteiger partial charge in [-0.25, -0.2) is 4.98 Å². The Morgan fingerprint density at radius 2 is 2.17 bits per heavy atom. The maximum atomic E-state index is 12.3. The Balaban J connectivity index is 1.92. The zero-order chi connectivity index (χ0) is 17.1. The van der Waals surface area contributed by atoms with E-state index in [4.69, 9.17) is 0 Å². The maximum Gasteiger partial charge on any atom is 0.271 e. The lowest BCUT2D eigenvalue weighted by Crippen LogP contribution is -2.37. The van der Waals surface area contributed by atoms with Gasteiger partial charge in [-0.15, -0.1) is 11.3 Å². The zero-order valence-corrected chi connectivity index (χ0v) is 14.6. The first-order chi connectivity index (χ1) is 11.7. The molecule has 6 heteroatoms. The molecule has 0 bridgehead atoms. The van der Waals surface area contributed by atoms with Crippen molar-refractivity contribution in [1.82, 2.24) is 14.9 Å². The SMILES string of the molecule is CCC(CO)NC(=O)c1csc(-c2cc3ccccc3n2CC)n1. The third-order valence-electron chi connectivity index (χ3n) is 4.13. The third-order valence-corrected chi connectivity index (χ3v) is 5.00. The molecule has 3 aromatic rings. The Hall–Kier alpha value is -2.18. The van der Waals surface area contributed by atoms with Crippen LogP contribution in [0.5, 0.6) is 0 Å². The summed E-state index contributed by atoms with van der Waals surface area (Å²) in [7, 11) is 0. The standard InChI is InChI=1S/C18H21N3O2S/c1-3-13(10-22)19-17(23)14-11-24-18(20-14)16-9-12-7-5-6-8-15(12)21(16)4-2/h5-9,11,13,22H,3-4,10H2,1-2H3,(H,19,23). The Kier molecular flexibility index (Phi) is 4.97. The summed E-state index contributed by atoms with van der Waals surface area (Å²) in [5.41, 5.74) is 2.59. The van der Waals surface area contributed by atoms with Crippen LogP contribution in [0.4, 0.5) is 0 Å². The van der Waals surface area contributed by atoms with Crippen LogP contribution in [0.3, 0.4) is 0 Å². The highest BCUT2D eigenvalue weighted by atomic mass is 32.1. The van der Waals surface area contributed by atoms with Crippen LogP contribution in [-0.4, -0.2) is 33.2 Å². The third kappa shape index (κ3) is 3.07. The second-order valence-electron chi connectivity index (χ2n) is 5.63. The molecule has 2 heterocycles. The number of fused-ring (bicyclic) bond motifs is 1. The smallest absolute Gasteiger partial charge is 0.271 e. The van der Waals surface area contributed by atoms with Gasteiger partial charge in [-0.1, -0.05) is 25.1 Å². The van der Waals surface area contributed by atoms with Crippen LogP contribution in [0.2, 0.25) is 0 Å². The number of hydrogen-bond acceptors (Lipinski definition) is 4. The minimum Gasteiger partial charge on any atom is -0.394 e. The lowest BCUT2D eigenvalue weighted by atomic mass is 10.2. The number of benzene rings is 1. The number of aliphatic hydroxyl groups is 1. The molecule has 0 spiro atoms. The van der Waals surface area contributed by atoms with Crippen LogP contribution >= 0.6 is 11.3 Å². The van der Waals surface area contributed by atoms with Gasteiger partial charge in [0.25, 0.3) is 5.91 Å². The molecule has 2 N–H and O–H groups in total. The van der Waals surface area contributed by atoms with E-state index in [-0.39, 0.29) is 18.6 Å². The summed E-state index contributed by atoms with van der Waals surface area (Å²) in [6, 6.07) is 10.1. The highest BCUT2D eigenvalue weighted by Crippen LogP contribution is 2.30. The van der Waals surface area contributed by atoms with Crippen molar-refractivity contribution in [3.8, 4) is 10.7 Å². The van der Waals surface area contributed by atoms with Crippen LogP contribution in [0, 0.1) is 0 Å².